The third-order valence-corrected chi connectivity index (χ3v) is 3.17. The smallest absolute Gasteiger partial charge is 0.0949 e. The molecule has 0 amide bonds. The Bertz CT molecular complexity index is 334. The van der Waals surface area contributed by atoms with E-state index < -0.39 is 0 Å². The second-order valence-corrected chi connectivity index (χ2v) is 4.64. The number of allylic oxidation sites excluding steroid dienone is 1. The Morgan fingerprint density at radius 1 is 1.47 bits per heavy atom. The van der Waals surface area contributed by atoms with Crippen LogP contribution in [0.15, 0.2) is 28.0 Å². The van der Waals surface area contributed by atoms with Gasteiger partial charge in [-0.3, -0.25) is 0 Å². The van der Waals surface area contributed by atoms with Crippen LogP contribution in [0.1, 0.15) is 40.0 Å². The number of aliphatic imine (C=N–C) groups is 1. The maximum absolute atomic E-state index is 4.32. The van der Waals surface area contributed by atoms with Crippen LogP contribution in [0.4, 0.5) is 0 Å². The zero-order valence-electron chi connectivity index (χ0n) is 9.95. The summed E-state index contributed by atoms with van der Waals surface area (Å²) < 4.78 is 0. The van der Waals surface area contributed by atoms with E-state index in [1.54, 1.807) is 5.57 Å². The van der Waals surface area contributed by atoms with Crippen molar-refractivity contribution in [1.82, 2.24) is 4.90 Å². The highest BCUT2D eigenvalue weighted by atomic mass is 15.2. The van der Waals surface area contributed by atoms with Gasteiger partial charge in [0.05, 0.1) is 6.34 Å². The van der Waals surface area contributed by atoms with Crippen molar-refractivity contribution >= 4 is 6.34 Å². The molecule has 0 aromatic carbocycles. The van der Waals surface area contributed by atoms with E-state index in [0.717, 1.165) is 13.0 Å². The molecule has 2 heteroatoms. The summed E-state index contributed by atoms with van der Waals surface area (Å²) in [5.41, 5.74) is 4.52. The van der Waals surface area contributed by atoms with Gasteiger partial charge in [-0.2, -0.15) is 0 Å². The summed E-state index contributed by atoms with van der Waals surface area (Å²) in [6.45, 7) is 7.93. The zero-order chi connectivity index (χ0) is 10.8. The molecule has 0 aromatic rings. The minimum absolute atomic E-state index is 0.664. The molecule has 0 spiro atoms. The number of fused-ring (bicyclic) bond motifs is 1. The van der Waals surface area contributed by atoms with Crippen molar-refractivity contribution in [2.75, 3.05) is 6.54 Å². The van der Waals surface area contributed by atoms with Crippen LogP contribution in [0.5, 0.6) is 0 Å². The summed E-state index contributed by atoms with van der Waals surface area (Å²) in [4.78, 5) is 6.64. The Morgan fingerprint density at radius 3 is 2.93 bits per heavy atom. The standard InChI is InChI=1S/C13H20N2/c1-4-5-11-8-14-9-15-7-6-12(10(2)3)13(11)15/h8-10H,4-7H2,1-3H3. The van der Waals surface area contributed by atoms with Gasteiger partial charge >= 0.3 is 0 Å². The Kier molecular flexibility index (Phi) is 2.94. The molecule has 2 heterocycles. The largest absolute Gasteiger partial charge is 0.332 e. The molecule has 0 fully saturated rings. The highest BCUT2D eigenvalue weighted by Crippen LogP contribution is 2.35. The normalized spacial score (nSPS) is 20.0. The lowest BCUT2D eigenvalue weighted by molar-refractivity contribution is 0.571. The van der Waals surface area contributed by atoms with Gasteiger partial charge in [-0.25, -0.2) is 4.99 Å². The van der Waals surface area contributed by atoms with Gasteiger partial charge in [0.25, 0.3) is 0 Å². The van der Waals surface area contributed by atoms with Gasteiger partial charge in [-0.15, -0.1) is 0 Å². The Labute approximate surface area is 92.4 Å². The summed E-state index contributed by atoms with van der Waals surface area (Å²) in [7, 11) is 0. The second-order valence-electron chi connectivity index (χ2n) is 4.64. The summed E-state index contributed by atoms with van der Waals surface area (Å²) in [6, 6.07) is 0. The molecule has 2 aliphatic rings. The fourth-order valence-corrected chi connectivity index (χ4v) is 2.44. The first-order valence-corrected chi connectivity index (χ1v) is 5.96. The lowest BCUT2D eigenvalue weighted by atomic mass is 9.95. The average molecular weight is 204 g/mol. The predicted molar refractivity (Wildman–Crippen MR) is 64.7 cm³/mol. The van der Waals surface area contributed by atoms with E-state index in [-0.39, 0.29) is 0 Å². The Morgan fingerprint density at radius 2 is 2.27 bits per heavy atom. The topological polar surface area (TPSA) is 15.6 Å². The molecule has 0 N–H and O–H groups in total. The summed E-state index contributed by atoms with van der Waals surface area (Å²) in [5.74, 6) is 0.664. The number of hydrogen-bond donors (Lipinski definition) is 0. The first-order valence-electron chi connectivity index (χ1n) is 5.96. The molecule has 0 saturated carbocycles. The second kappa shape index (κ2) is 4.21. The van der Waals surface area contributed by atoms with Gasteiger partial charge in [0.1, 0.15) is 0 Å². The molecule has 15 heavy (non-hydrogen) atoms. The molecule has 0 aliphatic carbocycles. The Hall–Kier alpha value is -1.05. The highest BCUT2D eigenvalue weighted by molar-refractivity contribution is 5.66. The van der Waals surface area contributed by atoms with E-state index in [2.05, 4.69) is 30.7 Å². The van der Waals surface area contributed by atoms with Crippen LogP contribution < -0.4 is 0 Å². The molecular weight excluding hydrogens is 184 g/mol. The van der Waals surface area contributed by atoms with Crippen LogP contribution in [0, 0.1) is 5.92 Å². The summed E-state index contributed by atoms with van der Waals surface area (Å²) >= 11 is 0. The van der Waals surface area contributed by atoms with Crippen LogP contribution >= 0.6 is 0 Å². The van der Waals surface area contributed by atoms with Gasteiger partial charge in [0, 0.05) is 18.4 Å². The molecule has 0 saturated heterocycles. The number of rotatable bonds is 3. The van der Waals surface area contributed by atoms with E-state index in [0.29, 0.717) is 5.92 Å². The van der Waals surface area contributed by atoms with E-state index in [1.807, 2.05) is 12.5 Å². The highest BCUT2D eigenvalue weighted by Gasteiger charge is 2.26. The molecule has 0 atom stereocenters. The van der Waals surface area contributed by atoms with Gasteiger partial charge in [0.15, 0.2) is 0 Å². The number of nitrogens with zero attached hydrogens (tertiary/aromatic N) is 2. The molecule has 0 radical (unpaired) electrons. The zero-order valence-corrected chi connectivity index (χ0v) is 9.95. The van der Waals surface area contributed by atoms with Crippen molar-refractivity contribution in [1.29, 1.82) is 0 Å². The van der Waals surface area contributed by atoms with Crippen molar-refractivity contribution in [3.8, 4) is 0 Å². The summed E-state index contributed by atoms with van der Waals surface area (Å²) in [6.07, 6.45) is 7.58. The maximum atomic E-state index is 4.32. The van der Waals surface area contributed by atoms with Crippen LogP contribution in [0.2, 0.25) is 0 Å². The molecule has 0 aromatic heterocycles. The molecule has 82 valence electrons. The average Bonchev–Trinajstić information content (AvgIpc) is 2.62. The van der Waals surface area contributed by atoms with E-state index in [1.165, 1.54) is 24.1 Å². The molecule has 2 aliphatic heterocycles. The minimum Gasteiger partial charge on any atom is -0.332 e. The molecule has 0 bridgehead atoms. The first-order chi connectivity index (χ1) is 7.24. The van der Waals surface area contributed by atoms with Gasteiger partial charge < -0.3 is 4.90 Å². The number of hydrogen-bond acceptors (Lipinski definition) is 2. The van der Waals surface area contributed by atoms with Crippen molar-refractivity contribution in [2.24, 2.45) is 10.9 Å². The van der Waals surface area contributed by atoms with Crippen LogP contribution in [-0.4, -0.2) is 17.8 Å². The van der Waals surface area contributed by atoms with E-state index in [9.17, 15) is 0 Å². The molecular formula is C13H20N2. The SMILES string of the molecule is CCCC1=CN=CN2CCC(C(C)C)=C12. The van der Waals surface area contributed by atoms with Crippen molar-refractivity contribution in [3.63, 3.8) is 0 Å². The monoisotopic (exact) mass is 204 g/mol. The van der Waals surface area contributed by atoms with E-state index >= 15 is 0 Å². The van der Waals surface area contributed by atoms with Crippen molar-refractivity contribution < 1.29 is 0 Å². The van der Waals surface area contributed by atoms with Crippen LogP contribution in [-0.2, 0) is 0 Å². The third kappa shape index (κ3) is 1.85. The fourth-order valence-electron chi connectivity index (χ4n) is 2.44. The van der Waals surface area contributed by atoms with Crippen LogP contribution in [0.25, 0.3) is 0 Å². The van der Waals surface area contributed by atoms with E-state index in [4.69, 9.17) is 0 Å². The third-order valence-electron chi connectivity index (χ3n) is 3.17. The van der Waals surface area contributed by atoms with Crippen LogP contribution in [0.3, 0.4) is 0 Å². The van der Waals surface area contributed by atoms with Crippen molar-refractivity contribution in [2.45, 2.75) is 40.0 Å². The van der Waals surface area contributed by atoms with Crippen molar-refractivity contribution in [3.05, 3.63) is 23.0 Å². The van der Waals surface area contributed by atoms with Gasteiger partial charge in [0.2, 0.25) is 0 Å². The quantitative estimate of drug-likeness (QED) is 0.688. The Balaban J connectivity index is 2.34. The summed E-state index contributed by atoms with van der Waals surface area (Å²) in [5, 5.41) is 0. The molecule has 2 nitrogen and oxygen atoms in total. The van der Waals surface area contributed by atoms with Gasteiger partial charge in [-0.05, 0) is 29.9 Å². The fraction of sp³-hybridized carbons (Fsp3) is 0.615. The first kappa shape index (κ1) is 10.5. The van der Waals surface area contributed by atoms with Gasteiger partial charge in [-0.1, -0.05) is 27.2 Å². The molecule has 2 rings (SSSR count). The minimum atomic E-state index is 0.664. The lowest BCUT2D eigenvalue weighted by Crippen LogP contribution is -2.21. The predicted octanol–water partition coefficient (Wildman–Crippen LogP) is 3.33. The molecule has 0 unspecified atom stereocenters. The maximum Gasteiger partial charge on any atom is 0.0949 e. The lowest BCUT2D eigenvalue weighted by Gasteiger charge is -2.23.